The van der Waals surface area contributed by atoms with Gasteiger partial charge in [0.15, 0.2) is 0 Å². The van der Waals surface area contributed by atoms with Gasteiger partial charge in [-0.05, 0) is 57.8 Å². The van der Waals surface area contributed by atoms with Crippen molar-refractivity contribution >= 4 is 28.3 Å². The first-order chi connectivity index (χ1) is 12.4. The van der Waals surface area contributed by atoms with Gasteiger partial charge in [0.2, 0.25) is 15.9 Å². The zero-order valence-corrected chi connectivity index (χ0v) is 17.7. The predicted molar refractivity (Wildman–Crippen MR) is 109 cm³/mol. The molecule has 0 aliphatic carbocycles. The topological polar surface area (TPSA) is 69.7 Å². The Hall–Kier alpha value is -1.15. The van der Waals surface area contributed by atoms with Crippen LogP contribution in [0, 0.1) is 18.8 Å². The molecule has 1 N–H and O–H groups in total. The molecule has 0 bridgehead atoms. The second kappa shape index (κ2) is 9.37. The Balaban J connectivity index is 0.00000261. The number of carbonyl (C=O) groups excluding carboxylic acids is 1. The first-order valence-electron chi connectivity index (χ1n) is 9.42. The van der Waals surface area contributed by atoms with Crippen molar-refractivity contribution in [3.63, 3.8) is 0 Å². The van der Waals surface area contributed by atoms with Crippen molar-refractivity contribution in [3.8, 4) is 0 Å². The van der Waals surface area contributed by atoms with Gasteiger partial charge in [-0.1, -0.05) is 17.7 Å². The molecule has 2 saturated heterocycles. The summed E-state index contributed by atoms with van der Waals surface area (Å²) < 4.78 is 27.1. The summed E-state index contributed by atoms with van der Waals surface area (Å²) in [6, 6.07) is 6.96. The number of aryl methyl sites for hydroxylation is 1. The smallest absolute Gasteiger partial charge is 0.243 e. The van der Waals surface area contributed by atoms with Gasteiger partial charge < -0.3 is 10.2 Å². The van der Waals surface area contributed by atoms with Gasteiger partial charge in [0.05, 0.1) is 4.90 Å². The van der Waals surface area contributed by atoms with Crippen LogP contribution in [0.25, 0.3) is 0 Å². The first kappa shape index (κ1) is 22.1. The molecule has 2 aliphatic heterocycles. The zero-order valence-electron chi connectivity index (χ0n) is 16.1. The molecule has 0 aromatic heterocycles. The minimum atomic E-state index is -3.46. The third-order valence-electron chi connectivity index (χ3n) is 5.55. The highest BCUT2D eigenvalue weighted by molar-refractivity contribution is 7.89. The summed E-state index contributed by atoms with van der Waals surface area (Å²) >= 11 is 0. The molecule has 1 aromatic carbocycles. The van der Waals surface area contributed by atoms with Gasteiger partial charge in [-0.2, -0.15) is 4.31 Å². The lowest BCUT2D eigenvalue weighted by molar-refractivity contribution is -0.135. The van der Waals surface area contributed by atoms with E-state index in [-0.39, 0.29) is 24.2 Å². The fraction of sp³-hybridized carbons (Fsp3) is 0.632. The molecule has 3 rings (SSSR count). The third kappa shape index (κ3) is 5.02. The summed E-state index contributed by atoms with van der Waals surface area (Å²) in [6.07, 6.45) is 2.27. The van der Waals surface area contributed by atoms with Crippen LogP contribution < -0.4 is 5.32 Å². The molecule has 0 radical (unpaired) electrons. The van der Waals surface area contributed by atoms with Crippen molar-refractivity contribution < 1.29 is 13.2 Å². The van der Waals surface area contributed by atoms with E-state index in [1.807, 2.05) is 31.0 Å². The Morgan fingerprint density at radius 1 is 1.11 bits per heavy atom. The van der Waals surface area contributed by atoms with Gasteiger partial charge >= 0.3 is 0 Å². The van der Waals surface area contributed by atoms with Crippen molar-refractivity contribution in [1.82, 2.24) is 14.5 Å². The summed E-state index contributed by atoms with van der Waals surface area (Å²) in [6.45, 7) is 5.36. The number of amides is 1. The van der Waals surface area contributed by atoms with Crippen LogP contribution in [0.15, 0.2) is 29.2 Å². The molecule has 6 nitrogen and oxygen atoms in total. The fourth-order valence-corrected chi connectivity index (χ4v) is 5.42. The van der Waals surface area contributed by atoms with E-state index in [1.54, 1.807) is 12.1 Å². The molecule has 1 atom stereocenters. The molecule has 2 aliphatic rings. The number of piperidine rings is 1. The molecular formula is C19H30ClN3O3S. The second-order valence-electron chi connectivity index (χ2n) is 7.49. The van der Waals surface area contributed by atoms with Crippen LogP contribution in [0.2, 0.25) is 0 Å². The molecule has 27 heavy (non-hydrogen) atoms. The van der Waals surface area contributed by atoms with E-state index in [0.717, 1.165) is 31.6 Å². The van der Waals surface area contributed by atoms with Crippen LogP contribution in [0.5, 0.6) is 0 Å². The quantitative estimate of drug-likeness (QED) is 0.797. The number of hydrogen-bond donors (Lipinski definition) is 1. The van der Waals surface area contributed by atoms with Crippen molar-refractivity contribution in [1.29, 1.82) is 0 Å². The molecular weight excluding hydrogens is 386 g/mol. The van der Waals surface area contributed by atoms with E-state index in [2.05, 4.69) is 5.32 Å². The maximum atomic E-state index is 12.8. The van der Waals surface area contributed by atoms with Crippen molar-refractivity contribution in [2.75, 3.05) is 39.8 Å². The van der Waals surface area contributed by atoms with Gasteiger partial charge in [-0.15, -0.1) is 12.4 Å². The highest BCUT2D eigenvalue weighted by Crippen LogP contribution is 2.27. The summed E-state index contributed by atoms with van der Waals surface area (Å²) in [5.41, 5.74) is 1.04. The van der Waals surface area contributed by atoms with Crippen LogP contribution in [0.3, 0.4) is 0 Å². The number of carbonyl (C=O) groups is 1. The van der Waals surface area contributed by atoms with Crippen molar-refractivity contribution in [2.45, 2.75) is 31.1 Å². The Bertz CT molecular complexity index is 731. The van der Waals surface area contributed by atoms with Gasteiger partial charge in [0.25, 0.3) is 0 Å². The van der Waals surface area contributed by atoms with Crippen molar-refractivity contribution in [2.24, 2.45) is 11.8 Å². The molecule has 0 spiro atoms. The normalized spacial score (nSPS) is 21.9. The summed E-state index contributed by atoms with van der Waals surface area (Å²) in [7, 11) is -1.52. The molecule has 152 valence electrons. The molecule has 8 heteroatoms. The zero-order chi connectivity index (χ0) is 18.7. The lowest BCUT2D eigenvalue weighted by Gasteiger charge is -2.32. The standard InChI is InChI=1S/C19H29N3O3S.ClH/c1-15-3-5-18(6-4-15)26(24,25)22-11-8-17(9-12-22)19(23)21-10-7-16(14-21)13-20-2;/h3-6,16-17,20H,7-14H2,1-2H3;1H. The molecule has 0 saturated carbocycles. The molecule has 1 amide bonds. The SMILES string of the molecule is CNCC1CCN(C(=O)C2CCN(S(=O)(=O)c3ccc(C)cc3)CC2)C1.Cl. The average Bonchev–Trinajstić information content (AvgIpc) is 3.10. The maximum absolute atomic E-state index is 12.8. The molecule has 1 aromatic rings. The number of sulfonamides is 1. The maximum Gasteiger partial charge on any atom is 0.243 e. The minimum absolute atomic E-state index is 0. The number of likely N-dealkylation sites (tertiary alicyclic amines) is 1. The van der Waals surface area contributed by atoms with E-state index in [4.69, 9.17) is 0 Å². The van der Waals surface area contributed by atoms with E-state index in [0.29, 0.717) is 36.7 Å². The van der Waals surface area contributed by atoms with Crippen LogP contribution in [0.4, 0.5) is 0 Å². The summed E-state index contributed by atoms with van der Waals surface area (Å²) in [5, 5.41) is 3.18. The van der Waals surface area contributed by atoms with Gasteiger partial charge in [0, 0.05) is 32.1 Å². The van der Waals surface area contributed by atoms with Gasteiger partial charge in [-0.3, -0.25) is 4.79 Å². The molecule has 2 fully saturated rings. The Kier molecular flexibility index (Phi) is 7.68. The van der Waals surface area contributed by atoms with E-state index < -0.39 is 10.0 Å². The van der Waals surface area contributed by atoms with Crippen LogP contribution in [-0.4, -0.2) is 63.3 Å². The van der Waals surface area contributed by atoms with Gasteiger partial charge in [-0.25, -0.2) is 8.42 Å². The number of nitrogens with zero attached hydrogens (tertiary/aromatic N) is 2. The summed E-state index contributed by atoms with van der Waals surface area (Å²) in [4.78, 5) is 15.1. The van der Waals surface area contributed by atoms with Gasteiger partial charge in [0.1, 0.15) is 0 Å². The van der Waals surface area contributed by atoms with E-state index in [9.17, 15) is 13.2 Å². The fourth-order valence-electron chi connectivity index (χ4n) is 3.95. The lowest BCUT2D eigenvalue weighted by atomic mass is 9.96. The van der Waals surface area contributed by atoms with Crippen LogP contribution >= 0.6 is 12.4 Å². The highest BCUT2D eigenvalue weighted by Gasteiger charge is 2.35. The van der Waals surface area contributed by atoms with Crippen LogP contribution in [0.1, 0.15) is 24.8 Å². The number of hydrogen-bond acceptors (Lipinski definition) is 4. The molecule has 1 unspecified atom stereocenters. The predicted octanol–water partition coefficient (Wildman–Crippen LogP) is 1.89. The number of nitrogens with one attached hydrogen (secondary N) is 1. The monoisotopic (exact) mass is 415 g/mol. The Morgan fingerprint density at radius 2 is 1.74 bits per heavy atom. The number of benzene rings is 1. The largest absolute Gasteiger partial charge is 0.342 e. The Labute approximate surface area is 168 Å². The number of rotatable bonds is 5. The highest BCUT2D eigenvalue weighted by atomic mass is 35.5. The molecule has 2 heterocycles. The third-order valence-corrected chi connectivity index (χ3v) is 7.47. The van der Waals surface area contributed by atoms with Crippen molar-refractivity contribution in [3.05, 3.63) is 29.8 Å². The Morgan fingerprint density at radius 3 is 2.33 bits per heavy atom. The average molecular weight is 416 g/mol. The minimum Gasteiger partial charge on any atom is -0.342 e. The van der Waals surface area contributed by atoms with E-state index in [1.165, 1.54) is 4.31 Å². The van der Waals surface area contributed by atoms with Crippen LogP contribution in [-0.2, 0) is 14.8 Å². The number of halogens is 1. The van der Waals surface area contributed by atoms with E-state index >= 15 is 0 Å². The second-order valence-corrected chi connectivity index (χ2v) is 9.43. The first-order valence-corrected chi connectivity index (χ1v) is 10.9. The summed E-state index contributed by atoms with van der Waals surface area (Å²) in [5.74, 6) is 0.690. The lowest BCUT2D eigenvalue weighted by Crippen LogP contribution is -2.44.